The van der Waals surface area contributed by atoms with E-state index < -0.39 is 0 Å². The van der Waals surface area contributed by atoms with Crippen LogP contribution in [0.3, 0.4) is 0 Å². The lowest BCUT2D eigenvalue weighted by atomic mass is 10.1. The average Bonchev–Trinajstić information content (AvgIpc) is 3.00. The van der Waals surface area contributed by atoms with Gasteiger partial charge in [-0.2, -0.15) is 0 Å². The Morgan fingerprint density at radius 1 is 1.00 bits per heavy atom. The number of nitrogens with zero attached hydrogens (tertiary/aromatic N) is 2. The monoisotopic (exact) mass is 347 g/mol. The third-order valence-corrected chi connectivity index (χ3v) is 4.83. The first kappa shape index (κ1) is 14.8. The van der Waals surface area contributed by atoms with E-state index in [9.17, 15) is 0 Å². The summed E-state index contributed by atoms with van der Waals surface area (Å²) in [4.78, 5) is 7.82. The Morgan fingerprint density at radius 3 is 2.35 bits per heavy atom. The molecule has 2 aromatic rings. The standard InChI is InChI=1S/C17H15Cl2N3O/c18-13-7-3-1-5-11(13)16-20-10-9-15-21-23-17(22(15)16)12-6-2-4-8-14(12)19/h1-8,16-17,20H,9-10H2/t16-,17-/m0/s1. The molecule has 1 N–H and O–H groups in total. The van der Waals surface area contributed by atoms with Gasteiger partial charge in [0.25, 0.3) is 0 Å². The molecule has 118 valence electrons. The normalized spacial score (nSPS) is 23.2. The van der Waals surface area contributed by atoms with E-state index in [1.54, 1.807) is 0 Å². The number of halogens is 2. The smallest absolute Gasteiger partial charge is 0.230 e. The molecule has 2 aromatic carbocycles. The van der Waals surface area contributed by atoms with Crippen LogP contribution in [0.25, 0.3) is 0 Å². The fourth-order valence-corrected chi connectivity index (χ4v) is 3.53. The molecule has 0 bridgehead atoms. The van der Waals surface area contributed by atoms with Crippen LogP contribution >= 0.6 is 23.2 Å². The summed E-state index contributed by atoms with van der Waals surface area (Å²) in [5, 5.41) is 9.15. The van der Waals surface area contributed by atoms with Crippen molar-refractivity contribution in [2.75, 3.05) is 6.54 Å². The molecule has 2 aliphatic heterocycles. The Labute approximate surface area is 144 Å². The van der Waals surface area contributed by atoms with Crippen molar-refractivity contribution in [2.45, 2.75) is 18.8 Å². The van der Waals surface area contributed by atoms with E-state index in [1.807, 2.05) is 48.5 Å². The largest absolute Gasteiger partial charge is 0.364 e. The molecule has 0 aromatic heterocycles. The highest BCUT2D eigenvalue weighted by Crippen LogP contribution is 2.40. The maximum atomic E-state index is 6.40. The maximum absolute atomic E-state index is 6.40. The first-order valence-electron chi connectivity index (χ1n) is 7.49. The molecule has 2 aliphatic rings. The fourth-order valence-electron chi connectivity index (χ4n) is 3.06. The summed E-state index contributed by atoms with van der Waals surface area (Å²) < 4.78 is 0. The molecule has 0 amide bonds. The third kappa shape index (κ3) is 2.57. The highest BCUT2D eigenvalue weighted by Gasteiger charge is 2.40. The molecular formula is C17H15Cl2N3O. The Balaban J connectivity index is 1.75. The maximum Gasteiger partial charge on any atom is 0.230 e. The number of nitrogens with one attached hydrogen (secondary N) is 1. The molecule has 4 nitrogen and oxygen atoms in total. The number of benzene rings is 2. The molecular weight excluding hydrogens is 333 g/mol. The van der Waals surface area contributed by atoms with Crippen LogP contribution in [-0.2, 0) is 4.84 Å². The number of hydrogen-bond acceptors (Lipinski definition) is 4. The van der Waals surface area contributed by atoms with E-state index >= 15 is 0 Å². The predicted molar refractivity (Wildman–Crippen MR) is 91.4 cm³/mol. The van der Waals surface area contributed by atoms with E-state index in [-0.39, 0.29) is 12.4 Å². The minimum Gasteiger partial charge on any atom is -0.364 e. The van der Waals surface area contributed by atoms with Gasteiger partial charge in [0, 0.05) is 34.1 Å². The van der Waals surface area contributed by atoms with Gasteiger partial charge >= 0.3 is 0 Å². The lowest BCUT2D eigenvalue weighted by Crippen LogP contribution is -2.47. The van der Waals surface area contributed by atoms with Crippen LogP contribution in [0, 0.1) is 0 Å². The van der Waals surface area contributed by atoms with E-state index in [0.717, 1.165) is 35.0 Å². The topological polar surface area (TPSA) is 36.9 Å². The lowest BCUT2D eigenvalue weighted by molar-refractivity contribution is -0.0168. The molecule has 1 saturated heterocycles. The highest BCUT2D eigenvalue weighted by atomic mass is 35.5. The van der Waals surface area contributed by atoms with Crippen molar-refractivity contribution in [3.8, 4) is 0 Å². The first-order valence-corrected chi connectivity index (χ1v) is 8.24. The zero-order valence-electron chi connectivity index (χ0n) is 12.2. The van der Waals surface area contributed by atoms with Crippen molar-refractivity contribution in [2.24, 2.45) is 5.16 Å². The van der Waals surface area contributed by atoms with Crippen LogP contribution in [-0.4, -0.2) is 17.3 Å². The van der Waals surface area contributed by atoms with Gasteiger partial charge in [-0.1, -0.05) is 64.8 Å². The Kier molecular flexibility index (Phi) is 3.89. The van der Waals surface area contributed by atoms with E-state index in [0.29, 0.717) is 5.02 Å². The Morgan fingerprint density at radius 2 is 1.65 bits per heavy atom. The number of rotatable bonds is 2. The van der Waals surface area contributed by atoms with Gasteiger partial charge in [-0.3, -0.25) is 10.2 Å². The summed E-state index contributed by atoms with van der Waals surface area (Å²) in [5.74, 6) is 0.915. The van der Waals surface area contributed by atoms with E-state index in [4.69, 9.17) is 28.0 Å². The SMILES string of the molecule is Clc1ccccc1[C@H]1NCCC2=NO[C@@H](c3ccccc3Cl)N21. The van der Waals surface area contributed by atoms with Crippen LogP contribution in [0.15, 0.2) is 53.7 Å². The van der Waals surface area contributed by atoms with E-state index in [1.165, 1.54) is 0 Å². The summed E-state index contributed by atoms with van der Waals surface area (Å²) in [6.45, 7) is 0.823. The van der Waals surface area contributed by atoms with Crippen LogP contribution in [0.5, 0.6) is 0 Å². The molecule has 0 aliphatic carbocycles. The minimum absolute atomic E-state index is 0.0972. The zero-order chi connectivity index (χ0) is 15.8. The summed E-state index contributed by atoms with van der Waals surface area (Å²) in [5.41, 5.74) is 1.90. The molecule has 2 heterocycles. The van der Waals surface area contributed by atoms with Gasteiger partial charge in [-0.25, -0.2) is 0 Å². The number of hydrogen-bond donors (Lipinski definition) is 1. The van der Waals surface area contributed by atoms with Crippen molar-refractivity contribution in [3.63, 3.8) is 0 Å². The van der Waals surface area contributed by atoms with Crippen molar-refractivity contribution >= 4 is 29.0 Å². The van der Waals surface area contributed by atoms with Crippen LogP contribution in [0.4, 0.5) is 0 Å². The second-order valence-electron chi connectivity index (χ2n) is 5.52. The summed E-state index contributed by atoms with van der Waals surface area (Å²) in [6.07, 6.45) is 0.356. The van der Waals surface area contributed by atoms with Crippen molar-refractivity contribution < 1.29 is 4.84 Å². The molecule has 2 atom stereocenters. The van der Waals surface area contributed by atoms with Crippen molar-refractivity contribution in [3.05, 3.63) is 69.7 Å². The molecule has 0 spiro atoms. The van der Waals surface area contributed by atoms with Gasteiger partial charge in [0.15, 0.2) is 5.84 Å². The summed E-state index contributed by atoms with van der Waals surface area (Å²) in [6, 6.07) is 15.5. The second-order valence-corrected chi connectivity index (χ2v) is 6.34. The molecule has 0 unspecified atom stereocenters. The molecule has 0 saturated carbocycles. The lowest BCUT2D eigenvalue weighted by Gasteiger charge is -2.38. The van der Waals surface area contributed by atoms with E-state index in [2.05, 4.69) is 15.4 Å². The van der Waals surface area contributed by atoms with Crippen molar-refractivity contribution in [1.82, 2.24) is 10.2 Å². The quantitative estimate of drug-likeness (QED) is 0.878. The molecule has 23 heavy (non-hydrogen) atoms. The highest BCUT2D eigenvalue weighted by molar-refractivity contribution is 6.31. The van der Waals surface area contributed by atoms with Gasteiger partial charge in [0.05, 0.1) is 0 Å². The Bertz CT molecular complexity index is 765. The van der Waals surface area contributed by atoms with Gasteiger partial charge in [0.1, 0.15) is 6.17 Å². The summed E-state index contributed by atoms with van der Waals surface area (Å²) >= 11 is 12.8. The van der Waals surface area contributed by atoms with Gasteiger partial charge in [-0.15, -0.1) is 0 Å². The minimum atomic E-state index is -0.354. The summed E-state index contributed by atoms with van der Waals surface area (Å²) in [7, 11) is 0. The molecule has 4 rings (SSSR count). The number of amidine groups is 1. The van der Waals surface area contributed by atoms with Crippen LogP contribution < -0.4 is 5.32 Å². The van der Waals surface area contributed by atoms with Gasteiger partial charge in [-0.05, 0) is 12.1 Å². The zero-order valence-corrected chi connectivity index (χ0v) is 13.8. The first-order chi connectivity index (χ1) is 11.3. The molecule has 0 radical (unpaired) electrons. The molecule has 6 heteroatoms. The predicted octanol–water partition coefficient (Wildman–Crippen LogP) is 4.33. The van der Waals surface area contributed by atoms with Crippen LogP contribution in [0.2, 0.25) is 10.0 Å². The third-order valence-electron chi connectivity index (χ3n) is 4.14. The number of oxime groups is 1. The van der Waals surface area contributed by atoms with Gasteiger partial charge in [0.2, 0.25) is 6.23 Å². The molecule has 1 fully saturated rings. The Hall–Kier alpha value is -1.75. The fraction of sp³-hybridized carbons (Fsp3) is 0.235. The van der Waals surface area contributed by atoms with Crippen molar-refractivity contribution in [1.29, 1.82) is 0 Å². The second kappa shape index (κ2) is 6.04. The van der Waals surface area contributed by atoms with Crippen LogP contribution in [0.1, 0.15) is 29.9 Å². The number of fused-ring (bicyclic) bond motifs is 1. The van der Waals surface area contributed by atoms with Gasteiger partial charge < -0.3 is 4.84 Å². The average molecular weight is 348 g/mol.